The second-order valence-electron chi connectivity index (χ2n) is 4.02. The van der Waals surface area contributed by atoms with E-state index in [0.717, 1.165) is 0 Å². The van der Waals surface area contributed by atoms with Gasteiger partial charge in [0.25, 0.3) is 0 Å². The predicted molar refractivity (Wildman–Crippen MR) is 64.3 cm³/mol. The molecule has 0 aliphatic rings. The number of carboxylic acid groups (broad SMARTS) is 1. The van der Waals surface area contributed by atoms with Gasteiger partial charge in [-0.1, -0.05) is 30.3 Å². The maximum Gasteiger partial charge on any atom is 0.402 e. The largest absolute Gasteiger partial charge is 0.480 e. The molecule has 1 N–H and O–H groups in total. The second kappa shape index (κ2) is 6.23. The first-order chi connectivity index (χ1) is 9.10. The number of aliphatic carboxylic acids is 1. The van der Waals surface area contributed by atoms with E-state index in [1.165, 1.54) is 24.3 Å². The molecule has 0 saturated heterocycles. The van der Waals surface area contributed by atoms with Crippen LogP contribution in [0.2, 0.25) is 0 Å². The van der Waals surface area contributed by atoms with Gasteiger partial charge in [0, 0.05) is 0 Å². The number of carboxylic acids is 1. The summed E-state index contributed by atoms with van der Waals surface area (Å²) in [5.41, 5.74) is 0.282. The van der Waals surface area contributed by atoms with Gasteiger partial charge >= 0.3 is 12.1 Å². The highest BCUT2D eigenvalue weighted by molar-refractivity contribution is 7.88. The number of alkyl halides is 3. The van der Waals surface area contributed by atoms with Crippen LogP contribution in [0.25, 0.3) is 0 Å². The molecule has 0 spiro atoms. The van der Waals surface area contributed by atoms with Crippen molar-refractivity contribution in [3.05, 3.63) is 35.9 Å². The smallest absolute Gasteiger partial charge is 0.402 e. The van der Waals surface area contributed by atoms with E-state index in [-0.39, 0.29) is 9.87 Å². The number of sulfonamides is 1. The Balaban J connectivity index is 2.95. The van der Waals surface area contributed by atoms with Crippen LogP contribution in [0.5, 0.6) is 0 Å². The molecule has 1 rings (SSSR count). The molecule has 1 aromatic carbocycles. The summed E-state index contributed by atoms with van der Waals surface area (Å²) in [5.74, 6) is -2.33. The third-order valence-corrected chi connectivity index (χ3v) is 4.00. The third-order valence-electron chi connectivity index (χ3n) is 2.25. The molecule has 0 bridgehead atoms. The Hall–Kier alpha value is -1.61. The lowest BCUT2D eigenvalue weighted by Crippen LogP contribution is -2.42. The SMILES string of the molecule is O=C(O)CN(CC(F)(F)F)S(=O)(=O)Cc1ccccc1. The number of halogens is 3. The van der Waals surface area contributed by atoms with E-state index >= 15 is 0 Å². The minimum atomic E-state index is -4.81. The van der Waals surface area contributed by atoms with Gasteiger partial charge in [-0.15, -0.1) is 0 Å². The van der Waals surface area contributed by atoms with E-state index < -0.39 is 41.0 Å². The lowest BCUT2D eigenvalue weighted by atomic mass is 10.2. The molecule has 0 unspecified atom stereocenters. The Labute approximate surface area is 113 Å². The van der Waals surface area contributed by atoms with Crippen LogP contribution in [0, 0.1) is 0 Å². The van der Waals surface area contributed by atoms with Crippen LogP contribution >= 0.6 is 0 Å². The van der Waals surface area contributed by atoms with Crippen molar-refractivity contribution in [1.29, 1.82) is 0 Å². The number of rotatable bonds is 6. The fourth-order valence-electron chi connectivity index (χ4n) is 1.48. The van der Waals surface area contributed by atoms with Crippen molar-refractivity contribution >= 4 is 16.0 Å². The molecule has 0 aliphatic carbocycles. The van der Waals surface area contributed by atoms with Crippen LogP contribution in [0.3, 0.4) is 0 Å². The van der Waals surface area contributed by atoms with Gasteiger partial charge in [-0.25, -0.2) is 8.42 Å². The van der Waals surface area contributed by atoms with Crippen molar-refractivity contribution in [3.8, 4) is 0 Å². The molecule has 0 aromatic heterocycles. The highest BCUT2D eigenvalue weighted by atomic mass is 32.2. The normalized spacial score (nSPS) is 12.6. The van der Waals surface area contributed by atoms with Gasteiger partial charge in [0.2, 0.25) is 10.0 Å². The van der Waals surface area contributed by atoms with E-state index in [1.54, 1.807) is 6.07 Å². The summed E-state index contributed by atoms with van der Waals surface area (Å²) in [5, 5.41) is 8.54. The molecule has 112 valence electrons. The van der Waals surface area contributed by atoms with Crippen molar-refractivity contribution in [2.45, 2.75) is 11.9 Å². The molecule has 0 heterocycles. The summed E-state index contributed by atoms with van der Waals surface area (Å²) in [4.78, 5) is 10.5. The van der Waals surface area contributed by atoms with Crippen molar-refractivity contribution in [1.82, 2.24) is 4.31 Å². The fraction of sp³-hybridized carbons (Fsp3) is 0.364. The van der Waals surface area contributed by atoms with Crippen molar-refractivity contribution in [2.75, 3.05) is 13.1 Å². The van der Waals surface area contributed by atoms with E-state index in [1.807, 2.05) is 0 Å². The molecule has 5 nitrogen and oxygen atoms in total. The van der Waals surface area contributed by atoms with Crippen molar-refractivity contribution in [2.24, 2.45) is 0 Å². The lowest BCUT2D eigenvalue weighted by molar-refractivity contribution is -0.146. The molecular formula is C11H12F3NO4S. The van der Waals surface area contributed by atoms with Crippen LogP contribution in [-0.2, 0) is 20.6 Å². The average Bonchev–Trinajstić information content (AvgIpc) is 2.26. The van der Waals surface area contributed by atoms with Gasteiger partial charge in [-0.3, -0.25) is 4.79 Å². The number of hydrogen-bond donors (Lipinski definition) is 1. The topological polar surface area (TPSA) is 74.7 Å². The molecular weight excluding hydrogens is 299 g/mol. The molecule has 20 heavy (non-hydrogen) atoms. The summed E-state index contributed by atoms with van der Waals surface area (Å²) >= 11 is 0. The summed E-state index contributed by atoms with van der Waals surface area (Å²) in [6.45, 7) is -3.05. The molecule has 0 atom stereocenters. The molecule has 1 aromatic rings. The second-order valence-corrected chi connectivity index (χ2v) is 5.99. The average molecular weight is 311 g/mol. The first-order valence-corrected chi connectivity index (χ1v) is 7.01. The number of benzene rings is 1. The number of nitrogens with zero attached hydrogens (tertiary/aromatic N) is 1. The summed E-state index contributed by atoms with van der Waals surface area (Å²) in [7, 11) is -4.37. The molecule has 0 amide bonds. The van der Waals surface area contributed by atoms with Crippen LogP contribution in [0.15, 0.2) is 30.3 Å². The Kier molecular flexibility index (Phi) is 5.12. The van der Waals surface area contributed by atoms with Crippen molar-refractivity contribution < 1.29 is 31.5 Å². The van der Waals surface area contributed by atoms with Crippen LogP contribution in [-0.4, -0.2) is 43.1 Å². The predicted octanol–water partition coefficient (Wildman–Crippen LogP) is 1.47. The number of carbonyl (C=O) groups is 1. The standard InChI is InChI=1S/C11H12F3NO4S/c12-11(13,14)8-15(6-10(16)17)20(18,19)7-9-4-2-1-3-5-9/h1-5H,6-8H2,(H,16,17). The fourth-order valence-corrected chi connectivity index (χ4v) is 2.93. The van der Waals surface area contributed by atoms with Crippen LogP contribution in [0.4, 0.5) is 13.2 Å². The Bertz CT molecular complexity index is 557. The van der Waals surface area contributed by atoms with Gasteiger partial charge in [0.15, 0.2) is 0 Å². The van der Waals surface area contributed by atoms with Gasteiger partial charge in [-0.05, 0) is 5.56 Å². The van der Waals surface area contributed by atoms with E-state index in [4.69, 9.17) is 5.11 Å². The molecule has 0 fully saturated rings. The van der Waals surface area contributed by atoms with Gasteiger partial charge in [0.05, 0.1) is 5.75 Å². The zero-order valence-electron chi connectivity index (χ0n) is 10.2. The molecule has 9 heteroatoms. The Morgan fingerprint density at radius 1 is 1.20 bits per heavy atom. The highest BCUT2D eigenvalue weighted by Gasteiger charge is 2.37. The van der Waals surface area contributed by atoms with Gasteiger partial charge in [-0.2, -0.15) is 17.5 Å². The summed E-state index contributed by atoms with van der Waals surface area (Å²) in [6, 6.07) is 7.57. The molecule has 0 saturated carbocycles. The summed E-state index contributed by atoms with van der Waals surface area (Å²) < 4.78 is 60.6. The maximum atomic E-state index is 12.3. The first-order valence-electron chi connectivity index (χ1n) is 5.40. The zero-order valence-corrected chi connectivity index (χ0v) is 11.0. The lowest BCUT2D eigenvalue weighted by Gasteiger charge is -2.21. The highest BCUT2D eigenvalue weighted by Crippen LogP contribution is 2.20. The minimum Gasteiger partial charge on any atom is -0.480 e. The van der Waals surface area contributed by atoms with Crippen LogP contribution < -0.4 is 0 Å². The monoisotopic (exact) mass is 311 g/mol. The quantitative estimate of drug-likeness (QED) is 0.863. The van der Waals surface area contributed by atoms with Crippen molar-refractivity contribution in [3.63, 3.8) is 0 Å². The van der Waals surface area contributed by atoms with E-state index in [9.17, 15) is 26.4 Å². The number of hydrogen-bond acceptors (Lipinski definition) is 3. The van der Waals surface area contributed by atoms with E-state index in [0.29, 0.717) is 0 Å². The zero-order chi connectivity index (χ0) is 15.4. The van der Waals surface area contributed by atoms with Crippen LogP contribution in [0.1, 0.15) is 5.56 Å². The minimum absolute atomic E-state index is 0.0810. The maximum absolute atomic E-state index is 12.3. The van der Waals surface area contributed by atoms with E-state index in [2.05, 4.69) is 0 Å². The molecule has 0 aliphatic heterocycles. The summed E-state index contributed by atoms with van der Waals surface area (Å²) in [6.07, 6.45) is -4.81. The molecule has 0 radical (unpaired) electrons. The Morgan fingerprint density at radius 2 is 1.75 bits per heavy atom. The van der Waals surface area contributed by atoms with Gasteiger partial charge < -0.3 is 5.11 Å². The third kappa shape index (κ3) is 5.57. The first kappa shape index (κ1) is 16.4. The van der Waals surface area contributed by atoms with Gasteiger partial charge in [0.1, 0.15) is 13.1 Å². The Morgan fingerprint density at radius 3 is 2.20 bits per heavy atom.